The summed E-state index contributed by atoms with van der Waals surface area (Å²) in [6.07, 6.45) is 0.508. The number of carbonyl (C=O) groups excluding carboxylic acids is 2. The van der Waals surface area contributed by atoms with Crippen molar-refractivity contribution in [2.24, 2.45) is 0 Å². The van der Waals surface area contributed by atoms with E-state index in [1.807, 2.05) is 19.9 Å². The van der Waals surface area contributed by atoms with Crippen molar-refractivity contribution in [3.8, 4) is 0 Å². The highest BCUT2D eigenvalue weighted by Crippen LogP contribution is 2.28. The van der Waals surface area contributed by atoms with E-state index >= 15 is 0 Å². The number of nitrogens with one attached hydrogen (secondary N) is 1. The predicted octanol–water partition coefficient (Wildman–Crippen LogP) is 4.34. The Hall–Kier alpha value is -3.14. The lowest BCUT2D eigenvalue weighted by molar-refractivity contribution is -0.255. The van der Waals surface area contributed by atoms with E-state index in [2.05, 4.69) is 10.3 Å². The molecule has 0 aliphatic carbocycles. The van der Waals surface area contributed by atoms with Crippen LogP contribution in [0.25, 0.3) is 10.2 Å². The third-order valence-corrected chi connectivity index (χ3v) is 8.06. The minimum absolute atomic E-state index is 0.0569. The molecule has 180 valence electrons. The number of hydrogen-bond donors (Lipinski definition) is 1. The number of thiophene rings is 1. The highest BCUT2D eigenvalue weighted by atomic mass is 35.5. The Morgan fingerprint density at radius 2 is 1.94 bits per heavy atom. The topological polar surface area (TPSA) is 104 Å². The van der Waals surface area contributed by atoms with Crippen molar-refractivity contribution in [3.63, 3.8) is 0 Å². The highest BCUT2D eigenvalue weighted by Gasteiger charge is 2.23. The van der Waals surface area contributed by atoms with Crippen LogP contribution in [-0.2, 0) is 11.3 Å². The molecule has 1 N–H and O–H groups in total. The number of carboxylic acid groups (broad SMARTS) is 1. The first-order valence-electron chi connectivity index (χ1n) is 10.8. The zero-order valence-corrected chi connectivity index (χ0v) is 21.3. The summed E-state index contributed by atoms with van der Waals surface area (Å²) < 4.78 is 2.04. The van der Waals surface area contributed by atoms with Crippen LogP contribution in [-0.4, -0.2) is 26.7 Å². The molecule has 2 aromatic heterocycles. The largest absolute Gasteiger partial charge is 0.545 e. The molecule has 4 rings (SSSR count). The molecule has 0 saturated carbocycles. The quantitative estimate of drug-likeness (QED) is 0.270. The molecule has 0 bridgehead atoms. The van der Waals surface area contributed by atoms with Crippen LogP contribution in [0.2, 0.25) is 5.02 Å². The summed E-state index contributed by atoms with van der Waals surface area (Å²) in [5.41, 5.74) is 2.65. The number of carbonyl (C=O) groups is 2. The Labute approximate surface area is 214 Å². The lowest BCUT2D eigenvalue weighted by Crippen LogP contribution is -2.28. The minimum atomic E-state index is -1.27. The molecule has 1 unspecified atom stereocenters. The van der Waals surface area contributed by atoms with Gasteiger partial charge < -0.3 is 15.2 Å². The van der Waals surface area contributed by atoms with Gasteiger partial charge in [0.05, 0.1) is 23.3 Å². The van der Waals surface area contributed by atoms with Crippen LogP contribution in [0.3, 0.4) is 0 Å². The standard InChI is InChI=1S/C25H22ClN3O4S2/c1-3-20(22(30)27-17-9-4-14(2)18(26)12-17)35-25-28-19-10-11-34-21(19)23(31)29(25)13-15-5-7-16(8-6-15)24(32)33/h4-12,20H,3,13H2,1-2H3,(H,27,30)(H,32,33)/p-1. The highest BCUT2D eigenvalue weighted by molar-refractivity contribution is 8.00. The van der Waals surface area contributed by atoms with Crippen molar-refractivity contribution < 1.29 is 14.7 Å². The normalized spacial score (nSPS) is 12.0. The van der Waals surface area contributed by atoms with E-state index in [1.165, 1.54) is 39.8 Å². The molecule has 0 saturated heterocycles. The Balaban J connectivity index is 1.64. The minimum Gasteiger partial charge on any atom is -0.545 e. The summed E-state index contributed by atoms with van der Waals surface area (Å²) in [6, 6.07) is 13.3. The molecule has 2 heterocycles. The van der Waals surface area contributed by atoms with E-state index in [4.69, 9.17) is 11.6 Å². The fourth-order valence-corrected chi connectivity index (χ4v) is 5.40. The SMILES string of the molecule is CCC(Sc1nc2ccsc2c(=O)n1Cc1ccc(C(=O)[O-])cc1)C(=O)Nc1ccc(C)c(Cl)c1. The molecule has 0 aliphatic rings. The van der Waals surface area contributed by atoms with E-state index in [-0.39, 0.29) is 23.6 Å². The Bertz CT molecular complexity index is 1460. The first-order chi connectivity index (χ1) is 16.8. The van der Waals surface area contributed by atoms with Crippen LogP contribution in [0, 0.1) is 6.92 Å². The fraction of sp³-hybridized carbons (Fsp3) is 0.200. The number of amides is 1. The summed E-state index contributed by atoms with van der Waals surface area (Å²) >= 11 is 8.71. The average molecular weight is 527 g/mol. The van der Waals surface area contributed by atoms with Crippen molar-refractivity contribution in [2.75, 3.05) is 5.32 Å². The zero-order chi connectivity index (χ0) is 25.1. The van der Waals surface area contributed by atoms with Gasteiger partial charge in [-0.05, 0) is 53.6 Å². The third kappa shape index (κ3) is 5.58. The van der Waals surface area contributed by atoms with Gasteiger partial charge in [0.25, 0.3) is 5.56 Å². The van der Waals surface area contributed by atoms with Gasteiger partial charge in [0.2, 0.25) is 5.91 Å². The number of aromatic carboxylic acids is 1. The van der Waals surface area contributed by atoms with Gasteiger partial charge in [0.1, 0.15) is 4.70 Å². The molecule has 0 radical (unpaired) electrons. The summed E-state index contributed by atoms with van der Waals surface area (Å²) in [4.78, 5) is 42.1. The number of hydrogen-bond acceptors (Lipinski definition) is 7. The molecule has 0 spiro atoms. The van der Waals surface area contributed by atoms with Gasteiger partial charge in [-0.25, -0.2) is 4.98 Å². The molecule has 7 nitrogen and oxygen atoms in total. The van der Waals surface area contributed by atoms with Crippen molar-refractivity contribution in [1.82, 2.24) is 9.55 Å². The number of carboxylic acids is 1. The summed E-state index contributed by atoms with van der Waals surface area (Å²) in [7, 11) is 0. The molecule has 0 aliphatic heterocycles. The molecular formula is C25H21ClN3O4S2-. The molecular weight excluding hydrogens is 506 g/mol. The maximum absolute atomic E-state index is 13.3. The number of aromatic nitrogens is 2. The van der Waals surface area contributed by atoms with Crippen LogP contribution in [0.15, 0.2) is 63.9 Å². The van der Waals surface area contributed by atoms with Crippen LogP contribution in [0.5, 0.6) is 0 Å². The fourth-order valence-electron chi connectivity index (χ4n) is 3.42. The smallest absolute Gasteiger partial charge is 0.272 e. The second-order valence-electron chi connectivity index (χ2n) is 7.87. The second-order valence-corrected chi connectivity index (χ2v) is 10.4. The van der Waals surface area contributed by atoms with Crippen molar-refractivity contribution in [2.45, 2.75) is 37.2 Å². The molecule has 1 amide bonds. The Morgan fingerprint density at radius 3 is 2.60 bits per heavy atom. The first-order valence-corrected chi connectivity index (χ1v) is 12.9. The molecule has 1 atom stereocenters. The number of aryl methyl sites for hydroxylation is 1. The molecule has 35 heavy (non-hydrogen) atoms. The molecule has 2 aromatic carbocycles. The number of fused-ring (bicyclic) bond motifs is 1. The number of rotatable bonds is 8. The first kappa shape index (κ1) is 25.0. The van der Waals surface area contributed by atoms with Gasteiger partial charge in [-0.2, -0.15) is 0 Å². The molecule has 0 fully saturated rings. The summed E-state index contributed by atoms with van der Waals surface area (Å²) in [5.74, 6) is -1.49. The number of benzene rings is 2. The number of thioether (sulfide) groups is 1. The van der Waals surface area contributed by atoms with Crippen LogP contribution >= 0.6 is 34.7 Å². The van der Waals surface area contributed by atoms with Crippen LogP contribution in [0.4, 0.5) is 5.69 Å². The summed E-state index contributed by atoms with van der Waals surface area (Å²) in [5, 5.41) is 16.2. The van der Waals surface area contributed by atoms with Crippen molar-refractivity contribution in [3.05, 3.63) is 86.0 Å². The zero-order valence-electron chi connectivity index (χ0n) is 18.9. The van der Waals surface area contributed by atoms with E-state index in [9.17, 15) is 19.5 Å². The maximum Gasteiger partial charge on any atom is 0.272 e. The van der Waals surface area contributed by atoms with E-state index in [0.717, 1.165) is 11.1 Å². The van der Waals surface area contributed by atoms with Gasteiger partial charge in [-0.3, -0.25) is 14.2 Å². The van der Waals surface area contributed by atoms with E-state index in [1.54, 1.807) is 35.7 Å². The number of nitrogens with zero attached hydrogens (tertiary/aromatic N) is 2. The van der Waals surface area contributed by atoms with Gasteiger partial charge in [-0.1, -0.05) is 60.6 Å². The van der Waals surface area contributed by atoms with Crippen molar-refractivity contribution in [1.29, 1.82) is 0 Å². The van der Waals surface area contributed by atoms with Crippen LogP contribution < -0.4 is 16.0 Å². The number of anilines is 1. The van der Waals surface area contributed by atoms with Crippen molar-refractivity contribution >= 4 is 62.5 Å². The lowest BCUT2D eigenvalue weighted by Gasteiger charge is -2.18. The van der Waals surface area contributed by atoms with Gasteiger partial charge in [0, 0.05) is 10.7 Å². The van der Waals surface area contributed by atoms with E-state index in [0.29, 0.717) is 32.5 Å². The Morgan fingerprint density at radius 1 is 1.20 bits per heavy atom. The molecule has 10 heteroatoms. The van der Waals surface area contributed by atoms with Gasteiger partial charge >= 0.3 is 0 Å². The second kappa shape index (κ2) is 10.6. The third-order valence-electron chi connectivity index (χ3n) is 5.41. The Kier molecular flexibility index (Phi) is 7.59. The average Bonchev–Trinajstić information content (AvgIpc) is 3.31. The predicted molar refractivity (Wildman–Crippen MR) is 139 cm³/mol. The molecule has 4 aromatic rings. The lowest BCUT2D eigenvalue weighted by atomic mass is 10.1. The monoisotopic (exact) mass is 526 g/mol. The maximum atomic E-state index is 13.3. The van der Waals surface area contributed by atoms with Gasteiger partial charge in [0.15, 0.2) is 5.16 Å². The number of halogens is 1. The van der Waals surface area contributed by atoms with E-state index < -0.39 is 11.2 Å². The van der Waals surface area contributed by atoms with Gasteiger partial charge in [-0.15, -0.1) is 11.3 Å². The summed E-state index contributed by atoms with van der Waals surface area (Å²) in [6.45, 7) is 3.96. The van der Waals surface area contributed by atoms with Crippen LogP contribution in [0.1, 0.15) is 34.8 Å².